The van der Waals surface area contributed by atoms with Gasteiger partial charge in [0.2, 0.25) is 5.91 Å². The maximum Gasteiger partial charge on any atom is 0.250 e. The summed E-state index contributed by atoms with van der Waals surface area (Å²) < 4.78 is 5.58. The Kier molecular flexibility index (Phi) is 7.84. The normalized spacial score (nSPS) is 14.3. The number of hydrogen-bond donors (Lipinski definition) is 1. The molecule has 0 bridgehead atoms. The zero-order chi connectivity index (χ0) is 22.0. The van der Waals surface area contributed by atoms with Gasteiger partial charge in [-0.05, 0) is 41.8 Å². The number of nitrogens with zero attached hydrogens (tertiary/aromatic N) is 3. The van der Waals surface area contributed by atoms with Crippen molar-refractivity contribution in [3.63, 3.8) is 0 Å². The fourth-order valence-electron chi connectivity index (χ4n) is 3.93. The third-order valence-electron chi connectivity index (χ3n) is 5.70. The highest BCUT2D eigenvalue weighted by atomic mass is 16.5. The van der Waals surface area contributed by atoms with Crippen molar-refractivity contribution in [2.45, 2.75) is 13.0 Å². The van der Waals surface area contributed by atoms with Gasteiger partial charge in [0.15, 0.2) is 0 Å². The second-order valence-corrected chi connectivity index (χ2v) is 7.98. The van der Waals surface area contributed by atoms with Crippen molar-refractivity contribution in [1.29, 1.82) is 0 Å². The van der Waals surface area contributed by atoms with Crippen molar-refractivity contribution in [3.8, 4) is 0 Å². The van der Waals surface area contributed by atoms with E-state index in [0.29, 0.717) is 6.61 Å². The molecule has 6 nitrogen and oxygen atoms in total. The van der Waals surface area contributed by atoms with E-state index in [4.69, 9.17) is 4.74 Å². The Labute approximate surface area is 189 Å². The highest BCUT2D eigenvalue weighted by molar-refractivity contribution is 5.95. The lowest BCUT2D eigenvalue weighted by atomic mass is 10.1. The molecule has 1 aromatic heterocycles. The molecular weight excluding hydrogens is 400 g/mol. The Morgan fingerprint density at radius 2 is 1.59 bits per heavy atom. The molecule has 2 aromatic carbocycles. The molecule has 1 aliphatic rings. The smallest absolute Gasteiger partial charge is 0.250 e. The monoisotopic (exact) mass is 430 g/mol. The van der Waals surface area contributed by atoms with Gasteiger partial charge in [0, 0.05) is 45.1 Å². The first kappa shape index (κ1) is 22.0. The van der Waals surface area contributed by atoms with Crippen LogP contribution >= 0.6 is 0 Å². The van der Waals surface area contributed by atoms with Crippen LogP contribution in [0.1, 0.15) is 11.1 Å². The number of anilines is 2. The molecule has 0 atom stereocenters. The molecule has 3 aromatic rings. The number of nitrogens with one attached hydrogen (secondary N) is 1. The van der Waals surface area contributed by atoms with E-state index in [1.54, 1.807) is 0 Å². The molecular formula is C26H30N4O2. The van der Waals surface area contributed by atoms with Crippen molar-refractivity contribution < 1.29 is 9.53 Å². The van der Waals surface area contributed by atoms with Gasteiger partial charge < -0.3 is 15.0 Å². The van der Waals surface area contributed by atoms with Crippen LogP contribution in [0.25, 0.3) is 0 Å². The van der Waals surface area contributed by atoms with Crippen LogP contribution in [-0.2, 0) is 22.6 Å². The van der Waals surface area contributed by atoms with Crippen LogP contribution in [0.4, 0.5) is 11.4 Å². The minimum absolute atomic E-state index is 0.0337. The molecule has 166 valence electrons. The van der Waals surface area contributed by atoms with Gasteiger partial charge >= 0.3 is 0 Å². The number of hydrogen-bond acceptors (Lipinski definition) is 5. The highest BCUT2D eigenvalue weighted by Crippen LogP contribution is 2.26. The summed E-state index contributed by atoms with van der Waals surface area (Å²) >= 11 is 0. The van der Waals surface area contributed by atoms with E-state index >= 15 is 0 Å². The SMILES string of the molecule is O=C(COCc1ccccc1)Nc1ccccc1N1CCN(CCc2ccncc2)CC1. The van der Waals surface area contributed by atoms with Crippen LogP contribution in [0.2, 0.25) is 0 Å². The van der Waals surface area contributed by atoms with E-state index in [1.807, 2.05) is 60.9 Å². The number of carbonyl (C=O) groups is 1. The minimum Gasteiger partial charge on any atom is -0.367 e. The Morgan fingerprint density at radius 3 is 2.38 bits per heavy atom. The van der Waals surface area contributed by atoms with E-state index in [2.05, 4.69) is 38.3 Å². The first-order chi connectivity index (χ1) is 15.8. The van der Waals surface area contributed by atoms with Gasteiger partial charge in [0.25, 0.3) is 0 Å². The standard InChI is InChI=1S/C26H30N4O2/c31-26(21-32-20-23-6-2-1-3-7-23)28-24-8-4-5-9-25(24)30-18-16-29(17-19-30)15-12-22-10-13-27-14-11-22/h1-11,13-14H,12,15-21H2,(H,28,31). The second-order valence-electron chi connectivity index (χ2n) is 7.98. The van der Waals surface area contributed by atoms with Crippen molar-refractivity contribution in [2.75, 3.05) is 49.5 Å². The van der Waals surface area contributed by atoms with E-state index < -0.39 is 0 Å². The maximum absolute atomic E-state index is 12.4. The molecule has 0 spiro atoms. The number of amides is 1. The van der Waals surface area contributed by atoms with Crippen molar-refractivity contribution >= 4 is 17.3 Å². The van der Waals surface area contributed by atoms with Gasteiger partial charge in [-0.15, -0.1) is 0 Å². The molecule has 1 amide bonds. The lowest BCUT2D eigenvalue weighted by Crippen LogP contribution is -2.47. The van der Waals surface area contributed by atoms with Crippen LogP contribution in [0, 0.1) is 0 Å². The van der Waals surface area contributed by atoms with Crippen LogP contribution in [-0.4, -0.2) is 55.1 Å². The third kappa shape index (κ3) is 6.39. The minimum atomic E-state index is -0.135. The number of para-hydroxylation sites is 2. The van der Waals surface area contributed by atoms with E-state index in [1.165, 1.54) is 5.56 Å². The van der Waals surface area contributed by atoms with E-state index in [9.17, 15) is 4.79 Å². The van der Waals surface area contributed by atoms with E-state index in [0.717, 1.165) is 56.1 Å². The first-order valence-electron chi connectivity index (χ1n) is 11.1. The average Bonchev–Trinajstić information content (AvgIpc) is 2.85. The molecule has 32 heavy (non-hydrogen) atoms. The van der Waals surface area contributed by atoms with Crippen LogP contribution in [0.15, 0.2) is 79.1 Å². The summed E-state index contributed by atoms with van der Waals surface area (Å²) in [4.78, 5) is 21.4. The summed E-state index contributed by atoms with van der Waals surface area (Å²) in [5.74, 6) is -0.135. The van der Waals surface area contributed by atoms with Crippen LogP contribution in [0.5, 0.6) is 0 Å². The molecule has 1 saturated heterocycles. The Bertz CT molecular complexity index is 973. The molecule has 0 aliphatic carbocycles. The number of rotatable bonds is 9. The third-order valence-corrected chi connectivity index (χ3v) is 5.70. The van der Waals surface area contributed by atoms with Crippen molar-refractivity contribution in [1.82, 2.24) is 9.88 Å². The molecule has 0 radical (unpaired) electrons. The van der Waals surface area contributed by atoms with Gasteiger partial charge in [-0.25, -0.2) is 0 Å². The zero-order valence-electron chi connectivity index (χ0n) is 18.3. The summed E-state index contributed by atoms with van der Waals surface area (Å²) in [6.07, 6.45) is 4.74. The lowest BCUT2D eigenvalue weighted by molar-refractivity contribution is -0.121. The molecule has 0 saturated carbocycles. The molecule has 0 unspecified atom stereocenters. The fourth-order valence-corrected chi connectivity index (χ4v) is 3.93. The van der Waals surface area contributed by atoms with Crippen molar-refractivity contribution in [3.05, 3.63) is 90.3 Å². The summed E-state index contributed by atoms with van der Waals surface area (Å²) in [6, 6.07) is 22.1. The number of ether oxygens (including phenoxy) is 1. The van der Waals surface area contributed by atoms with Gasteiger partial charge in [-0.3, -0.25) is 14.7 Å². The fraction of sp³-hybridized carbons (Fsp3) is 0.308. The lowest BCUT2D eigenvalue weighted by Gasteiger charge is -2.37. The Morgan fingerprint density at radius 1 is 0.875 bits per heavy atom. The number of carbonyl (C=O) groups excluding carboxylic acids is 1. The van der Waals surface area contributed by atoms with Gasteiger partial charge in [0.1, 0.15) is 6.61 Å². The summed E-state index contributed by atoms with van der Waals surface area (Å²) in [5, 5.41) is 3.03. The quantitative estimate of drug-likeness (QED) is 0.562. The molecule has 1 aliphatic heterocycles. The first-order valence-corrected chi connectivity index (χ1v) is 11.1. The Hall–Kier alpha value is -3.22. The van der Waals surface area contributed by atoms with Crippen LogP contribution in [0.3, 0.4) is 0 Å². The predicted molar refractivity (Wildman–Crippen MR) is 128 cm³/mol. The molecule has 1 N–H and O–H groups in total. The zero-order valence-corrected chi connectivity index (χ0v) is 18.3. The second kappa shape index (κ2) is 11.4. The van der Waals surface area contributed by atoms with E-state index in [-0.39, 0.29) is 12.5 Å². The van der Waals surface area contributed by atoms with Crippen molar-refractivity contribution in [2.24, 2.45) is 0 Å². The molecule has 1 fully saturated rings. The van der Waals surface area contributed by atoms with Crippen LogP contribution < -0.4 is 10.2 Å². The summed E-state index contributed by atoms with van der Waals surface area (Å²) in [7, 11) is 0. The summed E-state index contributed by atoms with van der Waals surface area (Å²) in [5.41, 5.74) is 4.29. The number of aromatic nitrogens is 1. The summed E-state index contributed by atoms with van der Waals surface area (Å²) in [6.45, 7) is 5.40. The number of piperazine rings is 1. The Balaban J connectivity index is 1.25. The van der Waals surface area contributed by atoms with Gasteiger partial charge in [-0.1, -0.05) is 42.5 Å². The largest absolute Gasteiger partial charge is 0.367 e. The maximum atomic E-state index is 12.4. The number of pyridine rings is 1. The topological polar surface area (TPSA) is 57.7 Å². The van der Waals surface area contributed by atoms with Gasteiger partial charge in [-0.2, -0.15) is 0 Å². The van der Waals surface area contributed by atoms with Gasteiger partial charge in [0.05, 0.1) is 18.0 Å². The highest BCUT2D eigenvalue weighted by Gasteiger charge is 2.19. The molecule has 2 heterocycles. The molecule has 4 rings (SSSR count). The average molecular weight is 431 g/mol. The predicted octanol–water partition coefficient (Wildman–Crippen LogP) is 3.60. The molecule has 6 heteroatoms. The number of benzene rings is 2.